The van der Waals surface area contributed by atoms with Crippen molar-refractivity contribution in [2.45, 2.75) is 32.9 Å². The molecule has 2 aromatic heterocycles. The minimum atomic E-state index is -0.707. The van der Waals surface area contributed by atoms with Crippen molar-refractivity contribution in [3.05, 3.63) is 131 Å². The molecule has 3 aromatic carbocycles. The third-order valence-corrected chi connectivity index (χ3v) is 7.09. The van der Waals surface area contributed by atoms with Crippen molar-refractivity contribution in [2.75, 3.05) is 5.32 Å². The monoisotopic (exact) mass is 523 g/mol. The predicted octanol–water partition coefficient (Wildman–Crippen LogP) is 6.95. The van der Waals surface area contributed by atoms with Crippen LogP contribution < -0.4 is 5.32 Å². The number of aromatic nitrogens is 3. The molecule has 6 rings (SSSR count). The van der Waals surface area contributed by atoms with Crippen LogP contribution >= 0.6 is 0 Å². The highest BCUT2D eigenvalue weighted by Crippen LogP contribution is 2.39. The number of nitrogens with one attached hydrogen (secondary N) is 1. The number of amides is 2. The number of rotatable bonds is 4. The van der Waals surface area contributed by atoms with Crippen molar-refractivity contribution in [3.63, 3.8) is 0 Å². The molecule has 0 radical (unpaired) electrons. The molecule has 3 heterocycles. The minimum Gasteiger partial charge on any atom is -0.307 e. The average Bonchev–Trinajstić information content (AvgIpc) is 3.52. The Morgan fingerprint density at radius 3 is 2.59 bits per heavy atom. The number of nitrogens with zero attached hydrogens (tertiary/aromatic N) is 4. The number of fused-ring (bicyclic) bond motifs is 3. The number of halogens is 2. The van der Waals surface area contributed by atoms with Crippen LogP contribution in [0.1, 0.15) is 41.0 Å². The lowest BCUT2D eigenvalue weighted by molar-refractivity contribution is 0.194. The third kappa shape index (κ3) is 4.37. The fourth-order valence-corrected chi connectivity index (χ4v) is 5.32. The van der Waals surface area contributed by atoms with Crippen LogP contribution in [-0.4, -0.2) is 25.3 Å². The molecular formula is C31H27F2N5O. The van der Waals surface area contributed by atoms with Gasteiger partial charge in [-0.1, -0.05) is 55.0 Å². The fraction of sp³-hybridized carbons (Fsp3) is 0.161. The first-order valence-corrected chi connectivity index (χ1v) is 12.9. The van der Waals surface area contributed by atoms with Crippen molar-refractivity contribution in [2.24, 2.45) is 0 Å². The highest BCUT2D eigenvalue weighted by Gasteiger charge is 2.36. The van der Waals surface area contributed by atoms with Gasteiger partial charge < -0.3 is 14.8 Å². The van der Waals surface area contributed by atoms with Crippen LogP contribution in [0.4, 0.5) is 19.3 Å². The van der Waals surface area contributed by atoms with Crippen LogP contribution in [0.15, 0.2) is 91.1 Å². The highest BCUT2D eigenvalue weighted by atomic mass is 19.1. The van der Waals surface area contributed by atoms with Gasteiger partial charge in [0.1, 0.15) is 17.5 Å². The van der Waals surface area contributed by atoms with E-state index in [0.717, 1.165) is 57.8 Å². The Hall–Kier alpha value is -4.72. The Morgan fingerprint density at radius 2 is 1.82 bits per heavy atom. The molecule has 1 aliphatic rings. The minimum absolute atomic E-state index is 0.210. The molecule has 1 aliphatic heterocycles. The molecule has 5 aromatic rings. The van der Waals surface area contributed by atoms with E-state index in [4.69, 9.17) is 5.10 Å². The van der Waals surface area contributed by atoms with Crippen LogP contribution in [0, 0.1) is 18.6 Å². The number of hydrogen-bond acceptors (Lipinski definition) is 2. The van der Waals surface area contributed by atoms with E-state index in [1.807, 2.05) is 91.5 Å². The quantitative estimate of drug-likeness (QED) is 0.277. The molecule has 1 atom stereocenters. The summed E-state index contributed by atoms with van der Waals surface area (Å²) in [5, 5.41) is 7.57. The SMILES string of the molecule is CCc1nn(-c2ccccc2)c2c1CN(C(=O)Nc1cc(F)ccc1F)C(c1cccc(C)c1)c1cccn1-2. The molecule has 196 valence electrons. The van der Waals surface area contributed by atoms with Crippen molar-refractivity contribution < 1.29 is 13.6 Å². The van der Waals surface area contributed by atoms with Gasteiger partial charge in [-0.2, -0.15) is 5.10 Å². The summed E-state index contributed by atoms with van der Waals surface area (Å²) < 4.78 is 32.5. The first-order chi connectivity index (χ1) is 18.9. The van der Waals surface area contributed by atoms with E-state index >= 15 is 0 Å². The molecule has 0 fully saturated rings. The number of urea groups is 1. The van der Waals surface area contributed by atoms with Gasteiger partial charge in [0.15, 0.2) is 0 Å². The highest BCUT2D eigenvalue weighted by molar-refractivity contribution is 5.90. The zero-order chi connectivity index (χ0) is 27.1. The summed E-state index contributed by atoms with van der Waals surface area (Å²) in [5.41, 5.74) is 5.25. The van der Waals surface area contributed by atoms with Crippen LogP contribution in [0.25, 0.3) is 11.5 Å². The van der Waals surface area contributed by atoms with Gasteiger partial charge in [0, 0.05) is 17.8 Å². The van der Waals surface area contributed by atoms with Gasteiger partial charge in [0.2, 0.25) is 0 Å². The number of benzene rings is 3. The van der Waals surface area contributed by atoms with Gasteiger partial charge in [-0.25, -0.2) is 18.3 Å². The molecule has 0 bridgehead atoms. The van der Waals surface area contributed by atoms with Gasteiger partial charge >= 0.3 is 6.03 Å². The maximum Gasteiger partial charge on any atom is 0.323 e. The van der Waals surface area contributed by atoms with Gasteiger partial charge in [-0.05, 0) is 55.3 Å². The largest absolute Gasteiger partial charge is 0.323 e. The molecule has 1 unspecified atom stereocenters. The summed E-state index contributed by atoms with van der Waals surface area (Å²) in [4.78, 5) is 15.6. The Labute approximate surface area is 225 Å². The van der Waals surface area contributed by atoms with E-state index in [1.54, 1.807) is 4.90 Å². The zero-order valence-corrected chi connectivity index (χ0v) is 21.6. The summed E-state index contributed by atoms with van der Waals surface area (Å²) in [6, 6.07) is 23.8. The smallest absolute Gasteiger partial charge is 0.307 e. The average molecular weight is 524 g/mol. The van der Waals surface area contributed by atoms with E-state index in [2.05, 4.69) is 9.88 Å². The summed E-state index contributed by atoms with van der Waals surface area (Å²) in [6.07, 6.45) is 2.63. The van der Waals surface area contributed by atoms with Gasteiger partial charge in [-0.15, -0.1) is 0 Å². The van der Waals surface area contributed by atoms with E-state index < -0.39 is 23.7 Å². The normalized spacial score (nSPS) is 14.5. The van der Waals surface area contributed by atoms with Crippen molar-refractivity contribution in [1.29, 1.82) is 0 Å². The molecule has 0 spiro atoms. The zero-order valence-electron chi connectivity index (χ0n) is 21.6. The van der Waals surface area contributed by atoms with E-state index in [9.17, 15) is 13.6 Å². The Bertz CT molecular complexity index is 1670. The second-order valence-corrected chi connectivity index (χ2v) is 9.65. The Morgan fingerprint density at radius 1 is 1.00 bits per heavy atom. The second kappa shape index (κ2) is 9.87. The number of para-hydroxylation sites is 1. The van der Waals surface area contributed by atoms with Crippen molar-refractivity contribution >= 4 is 11.7 Å². The first-order valence-electron chi connectivity index (χ1n) is 12.9. The molecule has 0 saturated carbocycles. The number of carbonyl (C=O) groups is 1. The molecule has 8 heteroatoms. The number of carbonyl (C=O) groups excluding carboxylic acids is 1. The fourth-order valence-electron chi connectivity index (χ4n) is 5.32. The Kier molecular flexibility index (Phi) is 6.23. The number of hydrogen-bond donors (Lipinski definition) is 1. The third-order valence-electron chi connectivity index (χ3n) is 7.09. The van der Waals surface area contributed by atoms with E-state index in [1.165, 1.54) is 0 Å². The van der Waals surface area contributed by atoms with Crippen LogP contribution in [0.5, 0.6) is 0 Å². The molecule has 1 N–H and O–H groups in total. The van der Waals surface area contributed by atoms with Crippen LogP contribution in [0.3, 0.4) is 0 Å². The summed E-state index contributed by atoms with van der Waals surface area (Å²) >= 11 is 0. The standard InChI is InChI=1S/C31H27F2N5O/c1-3-26-24-19-37(31(39)34-27-18-22(32)14-15-25(27)33)29(21-10-7-9-20(2)17-21)28-13-8-16-36(28)30(24)38(35-26)23-11-5-4-6-12-23/h4-18,29H,3,19H2,1-2H3,(H,34,39). The first kappa shape index (κ1) is 24.6. The van der Waals surface area contributed by atoms with E-state index in [-0.39, 0.29) is 12.2 Å². The van der Waals surface area contributed by atoms with Gasteiger partial charge in [-0.3, -0.25) is 0 Å². The molecule has 0 saturated heterocycles. The predicted molar refractivity (Wildman–Crippen MR) is 146 cm³/mol. The summed E-state index contributed by atoms with van der Waals surface area (Å²) in [6.45, 7) is 4.25. The summed E-state index contributed by atoms with van der Waals surface area (Å²) in [5.74, 6) is -0.490. The topological polar surface area (TPSA) is 55.1 Å². The van der Waals surface area contributed by atoms with Gasteiger partial charge in [0.05, 0.1) is 35.3 Å². The van der Waals surface area contributed by atoms with Crippen molar-refractivity contribution in [1.82, 2.24) is 19.2 Å². The lowest BCUT2D eigenvalue weighted by Gasteiger charge is -2.31. The van der Waals surface area contributed by atoms with Crippen molar-refractivity contribution in [3.8, 4) is 11.5 Å². The van der Waals surface area contributed by atoms with Crippen LogP contribution in [-0.2, 0) is 13.0 Å². The summed E-state index contributed by atoms with van der Waals surface area (Å²) in [7, 11) is 0. The molecule has 0 aliphatic carbocycles. The van der Waals surface area contributed by atoms with E-state index in [0.29, 0.717) is 6.42 Å². The maximum atomic E-state index is 14.6. The number of aryl methyl sites for hydroxylation is 2. The molecular weight excluding hydrogens is 496 g/mol. The lowest BCUT2D eigenvalue weighted by Crippen LogP contribution is -2.38. The Balaban J connectivity index is 1.56. The maximum absolute atomic E-state index is 14.6. The van der Waals surface area contributed by atoms with Gasteiger partial charge in [0.25, 0.3) is 0 Å². The number of anilines is 1. The van der Waals surface area contributed by atoms with Crippen LogP contribution in [0.2, 0.25) is 0 Å². The molecule has 2 amide bonds. The second-order valence-electron chi connectivity index (χ2n) is 9.65. The molecule has 6 nitrogen and oxygen atoms in total. The lowest BCUT2D eigenvalue weighted by atomic mass is 10.00. The molecule has 39 heavy (non-hydrogen) atoms.